The summed E-state index contributed by atoms with van der Waals surface area (Å²) in [5.41, 5.74) is -4.73. The van der Waals surface area contributed by atoms with Crippen LogP contribution in [0.3, 0.4) is 0 Å². The third-order valence-corrected chi connectivity index (χ3v) is 6.13. The van der Waals surface area contributed by atoms with E-state index in [-0.39, 0.29) is 52.9 Å². The Bertz CT molecular complexity index is 1360. The Balaban J connectivity index is 1.52. The summed E-state index contributed by atoms with van der Waals surface area (Å²) < 4.78 is 88.8. The molecule has 2 N–H and O–H groups in total. The summed E-state index contributed by atoms with van der Waals surface area (Å²) in [6, 6.07) is 1.64. The number of nitrogens with one attached hydrogen (secondary N) is 2. The van der Waals surface area contributed by atoms with Gasteiger partial charge < -0.3 is 15.4 Å². The van der Waals surface area contributed by atoms with Gasteiger partial charge in [-0.1, -0.05) is 11.6 Å². The van der Waals surface area contributed by atoms with Gasteiger partial charge in [-0.05, 0) is 13.0 Å². The molecule has 2 aliphatic rings. The number of rotatable bonds is 3. The highest BCUT2D eigenvalue weighted by molar-refractivity contribution is 6.29. The molecule has 36 heavy (non-hydrogen) atoms. The van der Waals surface area contributed by atoms with E-state index in [1.807, 2.05) is 0 Å². The summed E-state index contributed by atoms with van der Waals surface area (Å²) >= 11 is 5.86. The van der Waals surface area contributed by atoms with Gasteiger partial charge in [-0.25, -0.2) is 19.3 Å². The molecule has 0 aliphatic carbocycles. The lowest BCUT2D eigenvalue weighted by Gasteiger charge is -2.28. The van der Waals surface area contributed by atoms with Crippen LogP contribution in [-0.2, 0) is 16.3 Å². The predicted molar refractivity (Wildman–Crippen MR) is 115 cm³/mol. The Labute approximate surface area is 203 Å². The molecule has 1 unspecified atom stereocenters. The number of aromatic nitrogens is 4. The minimum Gasteiger partial charge on any atom is -0.377 e. The van der Waals surface area contributed by atoms with Gasteiger partial charge >= 0.3 is 18.4 Å². The third-order valence-electron chi connectivity index (χ3n) is 5.95. The zero-order valence-electron chi connectivity index (χ0n) is 18.2. The van der Waals surface area contributed by atoms with Crippen molar-refractivity contribution >= 4 is 40.5 Å². The molecule has 0 spiro atoms. The lowest BCUT2D eigenvalue weighted by Crippen LogP contribution is -2.46. The van der Waals surface area contributed by atoms with Crippen molar-refractivity contribution in [3.05, 3.63) is 40.9 Å². The van der Waals surface area contributed by atoms with Crippen LogP contribution in [0, 0.1) is 0 Å². The maximum Gasteiger partial charge on any atom is 0.433 e. The molecular formula is C20H16ClF6N7O2. The molecule has 9 nitrogen and oxygen atoms in total. The number of halogens is 7. The minimum atomic E-state index is -4.84. The number of pyridine rings is 1. The van der Waals surface area contributed by atoms with Crippen molar-refractivity contribution in [3.63, 3.8) is 0 Å². The number of hydrogen-bond donors (Lipinski definition) is 2. The average Bonchev–Trinajstić information content (AvgIpc) is 3.27. The standard InChI is InChI=1S/C20H16ClF6N7O2/c1-18(20(25,26)27)8-33(11-5-28-15-4-13(21)32-34(15)16(11)18)17(35)30-9-2-12(19(22,23)24)31-14(3-9)29-10-6-36-7-10/h2-5,10H,6-8H2,1H3,(H2,29,30,31,35). The van der Waals surface area contributed by atoms with Crippen LogP contribution in [0.5, 0.6) is 0 Å². The molecule has 0 radical (unpaired) electrons. The van der Waals surface area contributed by atoms with Crippen LogP contribution in [0.2, 0.25) is 5.15 Å². The molecule has 0 aromatic carbocycles. The molecule has 0 saturated carbocycles. The van der Waals surface area contributed by atoms with Crippen molar-refractivity contribution in [1.29, 1.82) is 0 Å². The van der Waals surface area contributed by atoms with E-state index in [0.717, 1.165) is 28.6 Å². The summed E-state index contributed by atoms with van der Waals surface area (Å²) in [5.74, 6) is -0.176. The minimum absolute atomic E-state index is 0.0381. The first-order chi connectivity index (χ1) is 16.8. The molecule has 1 saturated heterocycles. The quantitative estimate of drug-likeness (QED) is 0.480. The number of urea groups is 1. The van der Waals surface area contributed by atoms with Crippen molar-refractivity contribution in [3.8, 4) is 0 Å². The van der Waals surface area contributed by atoms with Crippen LogP contribution < -0.4 is 15.5 Å². The highest BCUT2D eigenvalue weighted by Gasteiger charge is 2.60. The average molecular weight is 536 g/mol. The molecule has 3 aromatic rings. The van der Waals surface area contributed by atoms with Crippen molar-refractivity contribution in [2.75, 3.05) is 35.3 Å². The van der Waals surface area contributed by atoms with E-state index >= 15 is 0 Å². The number of carbonyl (C=O) groups is 1. The van der Waals surface area contributed by atoms with E-state index in [1.54, 1.807) is 0 Å². The van der Waals surface area contributed by atoms with E-state index < -0.39 is 36.0 Å². The fraction of sp³-hybridized carbons (Fsp3) is 0.400. The van der Waals surface area contributed by atoms with Crippen molar-refractivity contribution < 1.29 is 35.9 Å². The second-order valence-corrected chi connectivity index (χ2v) is 8.97. The van der Waals surface area contributed by atoms with Crippen LogP contribution >= 0.6 is 11.6 Å². The second kappa shape index (κ2) is 8.09. The van der Waals surface area contributed by atoms with Crippen LogP contribution in [0.25, 0.3) is 5.65 Å². The van der Waals surface area contributed by atoms with Gasteiger partial charge in [0.15, 0.2) is 10.8 Å². The fourth-order valence-corrected chi connectivity index (χ4v) is 4.21. The number of carbonyl (C=O) groups excluding carboxylic acids is 1. The van der Waals surface area contributed by atoms with Crippen molar-refractivity contribution in [2.45, 2.75) is 30.7 Å². The summed E-state index contributed by atoms with van der Waals surface area (Å²) in [6.45, 7) is 0.557. The molecule has 5 rings (SSSR count). The van der Waals surface area contributed by atoms with Crippen molar-refractivity contribution in [2.24, 2.45) is 0 Å². The molecule has 2 aliphatic heterocycles. The van der Waals surface area contributed by atoms with Gasteiger partial charge in [0, 0.05) is 24.4 Å². The third kappa shape index (κ3) is 4.05. The Morgan fingerprint density at radius 2 is 1.92 bits per heavy atom. The SMILES string of the molecule is CC1(C(F)(F)F)CN(C(=O)Nc2cc(NC3COC3)nc(C(F)(F)F)c2)c2cnc3cc(Cl)nn3c21. The monoisotopic (exact) mass is 535 g/mol. The van der Waals surface area contributed by atoms with Gasteiger partial charge in [-0.15, -0.1) is 0 Å². The molecular weight excluding hydrogens is 520 g/mol. The van der Waals surface area contributed by atoms with Gasteiger partial charge in [0.05, 0.1) is 36.8 Å². The number of fused-ring (bicyclic) bond motifs is 3. The number of amides is 2. The zero-order chi connectivity index (χ0) is 26.0. The number of hydrogen-bond acceptors (Lipinski definition) is 6. The van der Waals surface area contributed by atoms with E-state index in [0.29, 0.717) is 6.07 Å². The molecule has 2 amide bonds. The van der Waals surface area contributed by atoms with Crippen molar-refractivity contribution in [1.82, 2.24) is 19.6 Å². The number of alkyl halides is 6. The Kier molecular flexibility index (Phi) is 5.48. The van der Waals surface area contributed by atoms with Gasteiger partial charge in [0.1, 0.15) is 16.9 Å². The van der Waals surface area contributed by atoms with Crippen LogP contribution in [0.1, 0.15) is 18.3 Å². The van der Waals surface area contributed by atoms with Crippen LogP contribution in [0.15, 0.2) is 24.4 Å². The summed E-state index contributed by atoms with van der Waals surface area (Å²) in [7, 11) is 0. The Morgan fingerprint density at radius 3 is 2.53 bits per heavy atom. The molecule has 1 atom stereocenters. The van der Waals surface area contributed by atoms with E-state index in [4.69, 9.17) is 16.3 Å². The number of ether oxygens (including phenoxy) is 1. The molecule has 192 valence electrons. The smallest absolute Gasteiger partial charge is 0.377 e. The van der Waals surface area contributed by atoms with Gasteiger partial charge in [-0.2, -0.15) is 31.4 Å². The largest absolute Gasteiger partial charge is 0.433 e. The fourth-order valence-electron chi connectivity index (χ4n) is 4.03. The van der Waals surface area contributed by atoms with Gasteiger partial charge in [0.2, 0.25) is 0 Å². The lowest BCUT2D eigenvalue weighted by atomic mass is 9.88. The highest BCUT2D eigenvalue weighted by Crippen LogP contribution is 2.50. The maximum absolute atomic E-state index is 14.2. The number of anilines is 3. The van der Waals surface area contributed by atoms with E-state index in [9.17, 15) is 31.1 Å². The Morgan fingerprint density at radius 1 is 1.19 bits per heavy atom. The van der Waals surface area contributed by atoms with Gasteiger partial charge in [0.25, 0.3) is 0 Å². The maximum atomic E-state index is 14.2. The molecule has 5 heterocycles. The first-order valence-corrected chi connectivity index (χ1v) is 10.8. The molecule has 3 aromatic heterocycles. The first kappa shape index (κ1) is 24.4. The van der Waals surface area contributed by atoms with E-state index in [1.165, 1.54) is 6.07 Å². The normalized spacial score (nSPS) is 20.4. The summed E-state index contributed by atoms with van der Waals surface area (Å²) in [6.07, 6.45) is -8.58. The zero-order valence-corrected chi connectivity index (χ0v) is 19.0. The van der Waals surface area contributed by atoms with Crippen LogP contribution in [-0.4, -0.2) is 57.6 Å². The second-order valence-electron chi connectivity index (χ2n) is 8.58. The van der Waals surface area contributed by atoms with E-state index in [2.05, 4.69) is 25.7 Å². The van der Waals surface area contributed by atoms with Gasteiger partial charge in [-0.3, -0.25) is 4.90 Å². The molecule has 16 heteroatoms. The van der Waals surface area contributed by atoms with Crippen LogP contribution in [0.4, 0.5) is 48.3 Å². The topological polar surface area (TPSA) is 96.7 Å². The summed E-state index contributed by atoms with van der Waals surface area (Å²) in [5, 5.41) is 8.79. The molecule has 1 fully saturated rings. The first-order valence-electron chi connectivity index (χ1n) is 10.4. The Hall–Kier alpha value is -3.33. The highest BCUT2D eigenvalue weighted by atomic mass is 35.5. The number of nitrogens with zero attached hydrogens (tertiary/aromatic N) is 5. The lowest BCUT2D eigenvalue weighted by molar-refractivity contribution is -0.181. The molecule has 0 bridgehead atoms. The predicted octanol–water partition coefficient (Wildman–Crippen LogP) is 4.48. The summed E-state index contributed by atoms with van der Waals surface area (Å²) in [4.78, 5) is 21.4.